The van der Waals surface area contributed by atoms with Crippen molar-refractivity contribution >= 4 is 16.6 Å². The minimum atomic E-state index is -0.344. The van der Waals surface area contributed by atoms with Gasteiger partial charge in [-0.15, -0.1) is 0 Å². The summed E-state index contributed by atoms with van der Waals surface area (Å²) in [6.45, 7) is 0. The molecule has 0 spiro atoms. The third-order valence-corrected chi connectivity index (χ3v) is 2.93. The highest BCUT2D eigenvalue weighted by Crippen LogP contribution is 2.43. The predicted octanol–water partition coefficient (Wildman–Crippen LogP) is 2.95. The van der Waals surface area contributed by atoms with Crippen LogP contribution in [0.5, 0.6) is 0 Å². The number of nitrogens with zero attached hydrogens (tertiary/aromatic N) is 1. The molecule has 0 aliphatic heterocycles. The molecule has 1 aromatic heterocycles. The van der Waals surface area contributed by atoms with E-state index in [1.807, 2.05) is 6.20 Å². The Hall–Kier alpha value is -1.84. The van der Waals surface area contributed by atoms with Crippen LogP contribution in [0.2, 0.25) is 0 Å². The molecule has 3 rings (SSSR count). The van der Waals surface area contributed by atoms with Gasteiger partial charge < -0.3 is 4.98 Å². The number of H-pyrrole nitrogens is 1. The van der Waals surface area contributed by atoms with Crippen LogP contribution in [0, 0.1) is 10.1 Å². The van der Waals surface area contributed by atoms with Crippen molar-refractivity contribution in [1.29, 1.82) is 0 Å². The molecule has 4 nitrogen and oxygen atoms in total. The van der Waals surface area contributed by atoms with Gasteiger partial charge in [0, 0.05) is 29.2 Å². The Balaban J connectivity index is 2.21. The van der Waals surface area contributed by atoms with E-state index in [2.05, 4.69) is 4.98 Å². The number of non-ortho nitro benzene ring substituents is 1. The van der Waals surface area contributed by atoms with Gasteiger partial charge in [0.1, 0.15) is 0 Å². The molecule has 15 heavy (non-hydrogen) atoms. The van der Waals surface area contributed by atoms with Gasteiger partial charge in [-0.05, 0) is 30.4 Å². The first kappa shape index (κ1) is 8.47. The first-order chi connectivity index (χ1) is 7.25. The zero-order chi connectivity index (χ0) is 10.4. The smallest absolute Gasteiger partial charge is 0.270 e. The van der Waals surface area contributed by atoms with Crippen LogP contribution in [0.1, 0.15) is 24.3 Å². The van der Waals surface area contributed by atoms with E-state index in [-0.39, 0.29) is 10.6 Å². The molecule has 0 atom stereocenters. The number of nitro benzene ring substituents is 1. The zero-order valence-electron chi connectivity index (χ0n) is 8.06. The Bertz CT molecular complexity index is 541. The number of nitrogens with one attached hydrogen (secondary N) is 1. The van der Waals surface area contributed by atoms with Gasteiger partial charge in [-0.3, -0.25) is 10.1 Å². The van der Waals surface area contributed by atoms with Crippen LogP contribution >= 0.6 is 0 Å². The van der Waals surface area contributed by atoms with Gasteiger partial charge in [0.15, 0.2) is 0 Å². The van der Waals surface area contributed by atoms with Gasteiger partial charge in [-0.25, -0.2) is 0 Å². The molecule has 1 heterocycles. The zero-order valence-corrected chi connectivity index (χ0v) is 8.06. The number of rotatable bonds is 2. The van der Waals surface area contributed by atoms with Crippen LogP contribution in [-0.4, -0.2) is 9.91 Å². The normalized spacial score (nSPS) is 15.7. The highest BCUT2D eigenvalue weighted by atomic mass is 16.6. The number of fused-ring (bicyclic) bond motifs is 1. The Morgan fingerprint density at radius 1 is 1.40 bits per heavy atom. The second-order valence-corrected chi connectivity index (χ2v) is 4.01. The van der Waals surface area contributed by atoms with Crippen molar-refractivity contribution in [3.05, 3.63) is 40.1 Å². The summed E-state index contributed by atoms with van der Waals surface area (Å²) in [5.41, 5.74) is 2.39. The Labute approximate surface area is 86.1 Å². The van der Waals surface area contributed by atoms with Gasteiger partial charge in [-0.1, -0.05) is 0 Å². The minimum absolute atomic E-state index is 0.170. The lowest BCUT2D eigenvalue weighted by molar-refractivity contribution is -0.384. The van der Waals surface area contributed by atoms with E-state index in [0.29, 0.717) is 5.92 Å². The van der Waals surface area contributed by atoms with Gasteiger partial charge in [-0.2, -0.15) is 0 Å². The van der Waals surface area contributed by atoms with Gasteiger partial charge in [0.2, 0.25) is 0 Å². The van der Waals surface area contributed by atoms with Crippen molar-refractivity contribution in [1.82, 2.24) is 4.98 Å². The standard InChI is InChI=1S/C11H10N2O2/c14-13(15)8-3-4-11-9(5-8)10(6-12-11)7-1-2-7/h3-7,12H,1-2H2. The molecule has 0 saturated heterocycles. The predicted molar refractivity (Wildman–Crippen MR) is 56.9 cm³/mol. The van der Waals surface area contributed by atoms with E-state index in [9.17, 15) is 10.1 Å². The van der Waals surface area contributed by atoms with Crippen molar-refractivity contribution in [2.24, 2.45) is 0 Å². The second kappa shape index (κ2) is 2.82. The third kappa shape index (κ3) is 1.29. The quantitative estimate of drug-likeness (QED) is 0.601. The van der Waals surface area contributed by atoms with E-state index < -0.39 is 0 Å². The number of benzene rings is 1. The Morgan fingerprint density at radius 3 is 2.87 bits per heavy atom. The second-order valence-electron chi connectivity index (χ2n) is 4.01. The summed E-state index contributed by atoms with van der Waals surface area (Å²) in [5.74, 6) is 0.612. The molecule has 1 aromatic carbocycles. The molecule has 0 amide bonds. The van der Waals surface area contributed by atoms with Gasteiger partial charge >= 0.3 is 0 Å². The molecule has 4 heteroatoms. The molecule has 1 aliphatic carbocycles. The number of nitro groups is 1. The molecule has 76 valence electrons. The van der Waals surface area contributed by atoms with Crippen LogP contribution in [-0.2, 0) is 0 Å². The summed E-state index contributed by atoms with van der Waals surface area (Å²) in [6, 6.07) is 4.98. The lowest BCUT2D eigenvalue weighted by atomic mass is 10.1. The van der Waals surface area contributed by atoms with E-state index in [1.165, 1.54) is 24.5 Å². The van der Waals surface area contributed by atoms with Crippen molar-refractivity contribution in [3.63, 3.8) is 0 Å². The SMILES string of the molecule is O=[N+]([O-])c1ccc2[nH]cc(C3CC3)c2c1. The molecule has 1 saturated carbocycles. The number of aromatic amines is 1. The average molecular weight is 202 g/mol. The van der Waals surface area contributed by atoms with Crippen LogP contribution in [0.4, 0.5) is 5.69 Å². The van der Waals surface area contributed by atoms with Crippen molar-refractivity contribution < 1.29 is 4.92 Å². The lowest BCUT2D eigenvalue weighted by Gasteiger charge is -1.95. The highest BCUT2D eigenvalue weighted by molar-refractivity contribution is 5.86. The molecular weight excluding hydrogens is 192 g/mol. The van der Waals surface area contributed by atoms with Crippen molar-refractivity contribution in [2.75, 3.05) is 0 Å². The third-order valence-electron chi connectivity index (χ3n) is 2.93. The van der Waals surface area contributed by atoms with Crippen LogP contribution < -0.4 is 0 Å². The van der Waals surface area contributed by atoms with Crippen molar-refractivity contribution in [3.8, 4) is 0 Å². The summed E-state index contributed by atoms with van der Waals surface area (Å²) in [7, 11) is 0. The monoisotopic (exact) mass is 202 g/mol. The fourth-order valence-corrected chi connectivity index (χ4v) is 1.98. The largest absolute Gasteiger partial charge is 0.361 e. The van der Waals surface area contributed by atoms with Crippen LogP contribution in [0.25, 0.3) is 10.9 Å². The summed E-state index contributed by atoms with van der Waals surface area (Å²) >= 11 is 0. The van der Waals surface area contributed by atoms with E-state index in [1.54, 1.807) is 12.1 Å². The molecule has 0 bridgehead atoms. The van der Waals surface area contributed by atoms with Crippen LogP contribution in [0.3, 0.4) is 0 Å². The molecule has 2 aromatic rings. The molecule has 1 aliphatic rings. The van der Waals surface area contributed by atoms with Gasteiger partial charge in [0.25, 0.3) is 5.69 Å². The minimum Gasteiger partial charge on any atom is -0.361 e. The van der Waals surface area contributed by atoms with E-state index in [4.69, 9.17) is 0 Å². The maximum Gasteiger partial charge on any atom is 0.270 e. The van der Waals surface area contributed by atoms with Crippen LogP contribution in [0.15, 0.2) is 24.4 Å². The topological polar surface area (TPSA) is 58.9 Å². The number of hydrogen-bond acceptors (Lipinski definition) is 2. The van der Waals surface area contributed by atoms with Gasteiger partial charge in [0.05, 0.1) is 4.92 Å². The van der Waals surface area contributed by atoms with E-state index >= 15 is 0 Å². The fraction of sp³-hybridized carbons (Fsp3) is 0.273. The molecule has 0 unspecified atom stereocenters. The summed E-state index contributed by atoms with van der Waals surface area (Å²) < 4.78 is 0. The highest BCUT2D eigenvalue weighted by Gasteiger charge is 2.26. The van der Waals surface area contributed by atoms with Crippen molar-refractivity contribution in [2.45, 2.75) is 18.8 Å². The Kier molecular flexibility index (Phi) is 1.59. The lowest BCUT2D eigenvalue weighted by Crippen LogP contribution is -1.87. The molecule has 1 fully saturated rings. The maximum atomic E-state index is 10.7. The molecular formula is C11H10N2O2. The summed E-state index contributed by atoms with van der Waals surface area (Å²) in [4.78, 5) is 13.5. The first-order valence-corrected chi connectivity index (χ1v) is 5.01. The van der Waals surface area contributed by atoms with E-state index in [0.717, 1.165) is 10.9 Å². The number of aromatic nitrogens is 1. The summed E-state index contributed by atoms with van der Waals surface area (Å²) in [6.07, 6.45) is 4.39. The average Bonchev–Trinajstić information content (AvgIpc) is 2.98. The fourth-order valence-electron chi connectivity index (χ4n) is 1.98. The number of hydrogen-bond donors (Lipinski definition) is 1. The first-order valence-electron chi connectivity index (χ1n) is 5.01. The summed E-state index contributed by atoms with van der Waals surface area (Å²) in [5, 5.41) is 11.7. The maximum absolute atomic E-state index is 10.7. The molecule has 1 N–H and O–H groups in total. The Morgan fingerprint density at radius 2 is 2.20 bits per heavy atom. The molecule has 0 radical (unpaired) electrons.